The van der Waals surface area contributed by atoms with Gasteiger partial charge in [-0.1, -0.05) is 25.3 Å². The number of aryl methyl sites for hydroxylation is 1. The third kappa shape index (κ3) is 3.03. The SMILES string of the molecule is CCNC(CC(C)C)c1snnc1C. The molecule has 1 aromatic heterocycles. The van der Waals surface area contributed by atoms with Crippen LogP contribution in [-0.4, -0.2) is 16.1 Å². The van der Waals surface area contributed by atoms with Crippen molar-refractivity contribution in [1.82, 2.24) is 14.9 Å². The standard InChI is InChI=1S/C10H19N3S/c1-5-11-9(6-7(2)3)10-8(4)12-13-14-10/h7,9,11H,5-6H2,1-4H3. The van der Waals surface area contributed by atoms with Crippen molar-refractivity contribution in [2.45, 2.75) is 40.2 Å². The van der Waals surface area contributed by atoms with Crippen LogP contribution in [0.1, 0.15) is 43.8 Å². The molecule has 0 aliphatic carbocycles. The van der Waals surface area contributed by atoms with E-state index in [4.69, 9.17) is 0 Å². The predicted octanol–water partition coefficient (Wildman–Crippen LogP) is 2.54. The molecule has 0 bridgehead atoms. The van der Waals surface area contributed by atoms with Crippen molar-refractivity contribution in [2.24, 2.45) is 5.92 Å². The van der Waals surface area contributed by atoms with Crippen LogP contribution < -0.4 is 5.32 Å². The Kier molecular flexibility index (Phi) is 4.48. The zero-order chi connectivity index (χ0) is 10.6. The largest absolute Gasteiger partial charge is 0.309 e. The van der Waals surface area contributed by atoms with E-state index in [0.29, 0.717) is 12.0 Å². The molecule has 1 N–H and O–H groups in total. The highest BCUT2D eigenvalue weighted by molar-refractivity contribution is 7.05. The minimum atomic E-state index is 0.431. The summed E-state index contributed by atoms with van der Waals surface area (Å²) in [6.07, 6.45) is 1.15. The molecule has 0 spiro atoms. The Bertz CT molecular complexity index is 270. The number of nitrogens with one attached hydrogen (secondary N) is 1. The Balaban J connectivity index is 2.72. The van der Waals surface area contributed by atoms with Gasteiger partial charge in [-0.2, -0.15) is 0 Å². The molecule has 1 aromatic rings. The molecule has 0 saturated heterocycles. The van der Waals surface area contributed by atoms with Gasteiger partial charge in [-0.05, 0) is 37.3 Å². The Hall–Kier alpha value is -0.480. The summed E-state index contributed by atoms with van der Waals surface area (Å²) in [6.45, 7) is 9.65. The predicted molar refractivity (Wildman–Crippen MR) is 60.5 cm³/mol. The molecule has 0 aromatic carbocycles. The lowest BCUT2D eigenvalue weighted by atomic mass is 10.0. The average Bonchev–Trinajstić information content (AvgIpc) is 2.50. The van der Waals surface area contributed by atoms with Gasteiger partial charge in [-0.15, -0.1) is 5.10 Å². The Morgan fingerprint density at radius 1 is 1.43 bits per heavy atom. The van der Waals surface area contributed by atoms with Crippen LogP contribution in [0.5, 0.6) is 0 Å². The molecule has 0 radical (unpaired) electrons. The first-order valence-electron chi connectivity index (χ1n) is 5.17. The highest BCUT2D eigenvalue weighted by atomic mass is 32.1. The van der Waals surface area contributed by atoms with Crippen molar-refractivity contribution < 1.29 is 0 Å². The molecule has 1 unspecified atom stereocenters. The number of rotatable bonds is 5. The van der Waals surface area contributed by atoms with Crippen molar-refractivity contribution in [3.8, 4) is 0 Å². The number of hydrogen-bond donors (Lipinski definition) is 1. The van der Waals surface area contributed by atoms with Crippen LogP contribution >= 0.6 is 11.5 Å². The van der Waals surface area contributed by atoms with Crippen molar-refractivity contribution in [2.75, 3.05) is 6.54 Å². The highest BCUT2D eigenvalue weighted by Crippen LogP contribution is 2.25. The normalized spacial score (nSPS) is 13.5. The molecule has 80 valence electrons. The van der Waals surface area contributed by atoms with Crippen molar-refractivity contribution in [3.05, 3.63) is 10.6 Å². The molecule has 1 atom stereocenters. The van der Waals surface area contributed by atoms with Gasteiger partial charge in [0.1, 0.15) is 0 Å². The molecule has 0 amide bonds. The Morgan fingerprint density at radius 2 is 2.14 bits per heavy atom. The highest BCUT2D eigenvalue weighted by Gasteiger charge is 2.17. The van der Waals surface area contributed by atoms with E-state index in [1.54, 1.807) is 0 Å². The molecule has 0 aliphatic rings. The Morgan fingerprint density at radius 3 is 2.57 bits per heavy atom. The van der Waals surface area contributed by atoms with Crippen molar-refractivity contribution in [3.63, 3.8) is 0 Å². The van der Waals surface area contributed by atoms with Gasteiger partial charge < -0.3 is 5.32 Å². The lowest BCUT2D eigenvalue weighted by Gasteiger charge is -2.18. The van der Waals surface area contributed by atoms with Gasteiger partial charge in [0.25, 0.3) is 0 Å². The average molecular weight is 213 g/mol. The zero-order valence-corrected chi connectivity index (χ0v) is 10.2. The molecule has 4 heteroatoms. The van der Waals surface area contributed by atoms with E-state index in [2.05, 4.69) is 35.7 Å². The first-order chi connectivity index (χ1) is 6.65. The van der Waals surface area contributed by atoms with Gasteiger partial charge in [0.15, 0.2) is 0 Å². The maximum Gasteiger partial charge on any atom is 0.0772 e. The number of aromatic nitrogens is 2. The third-order valence-electron chi connectivity index (χ3n) is 2.16. The van der Waals surface area contributed by atoms with Crippen LogP contribution in [0.3, 0.4) is 0 Å². The van der Waals surface area contributed by atoms with Crippen LogP contribution in [0, 0.1) is 12.8 Å². The maximum absolute atomic E-state index is 4.06. The van der Waals surface area contributed by atoms with E-state index < -0.39 is 0 Å². The fourth-order valence-corrected chi connectivity index (χ4v) is 2.29. The minimum Gasteiger partial charge on any atom is -0.309 e. The summed E-state index contributed by atoms with van der Waals surface area (Å²) < 4.78 is 3.98. The first kappa shape index (κ1) is 11.6. The van der Waals surface area contributed by atoms with Crippen LogP contribution in [0.2, 0.25) is 0 Å². The van der Waals surface area contributed by atoms with Crippen molar-refractivity contribution >= 4 is 11.5 Å². The fraction of sp³-hybridized carbons (Fsp3) is 0.800. The molecule has 0 saturated carbocycles. The molecule has 0 fully saturated rings. The fourth-order valence-electron chi connectivity index (χ4n) is 1.56. The summed E-state index contributed by atoms with van der Waals surface area (Å²) in [7, 11) is 0. The summed E-state index contributed by atoms with van der Waals surface area (Å²) in [4.78, 5) is 1.29. The van der Waals surface area contributed by atoms with Gasteiger partial charge in [0.05, 0.1) is 10.6 Å². The van der Waals surface area contributed by atoms with E-state index in [-0.39, 0.29) is 0 Å². The summed E-state index contributed by atoms with van der Waals surface area (Å²) in [5.41, 5.74) is 1.07. The van der Waals surface area contributed by atoms with Gasteiger partial charge in [-0.25, -0.2) is 0 Å². The summed E-state index contributed by atoms with van der Waals surface area (Å²) in [5.74, 6) is 0.695. The van der Waals surface area contributed by atoms with E-state index in [0.717, 1.165) is 18.7 Å². The van der Waals surface area contributed by atoms with E-state index in [1.807, 2.05) is 6.92 Å². The summed E-state index contributed by atoms with van der Waals surface area (Å²) in [5, 5.41) is 7.54. The monoisotopic (exact) mass is 213 g/mol. The number of nitrogens with zero attached hydrogens (tertiary/aromatic N) is 2. The second-order valence-electron chi connectivity index (χ2n) is 3.96. The van der Waals surface area contributed by atoms with E-state index in [1.165, 1.54) is 16.4 Å². The molecule has 1 heterocycles. The second kappa shape index (κ2) is 5.41. The van der Waals surface area contributed by atoms with Crippen LogP contribution in [0.25, 0.3) is 0 Å². The zero-order valence-electron chi connectivity index (χ0n) is 9.37. The van der Waals surface area contributed by atoms with Crippen molar-refractivity contribution in [1.29, 1.82) is 0 Å². The molecule has 14 heavy (non-hydrogen) atoms. The van der Waals surface area contributed by atoms with E-state index >= 15 is 0 Å². The lowest BCUT2D eigenvalue weighted by molar-refractivity contribution is 0.442. The second-order valence-corrected chi connectivity index (χ2v) is 4.75. The molecule has 3 nitrogen and oxygen atoms in total. The van der Waals surface area contributed by atoms with Crippen LogP contribution in [0.15, 0.2) is 0 Å². The smallest absolute Gasteiger partial charge is 0.0772 e. The molecular weight excluding hydrogens is 194 g/mol. The molecular formula is C10H19N3S. The minimum absolute atomic E-state index is 0.431. The Labute approximate surface area is 90.1 Å². The van der Waals surface area contributed by atoms with Gasteiger partial charge >= 0.3 is 0 Å². The lowest BCUT2D eigenvalue weighted by Crippen LogP contribution is -2.22. The number of hydrogen-bond acceptors (Lipinski definition) is 4. The van der Waals surface area contributed by atoms with E-state index in [9.17, 15) is 0 Å². The quantitative estimate of drug-likeness (QED) is 0.817. The molecule has 0 aliphatic heterocycles. The van der Waals surface area contributed by atoms with Crippen LogP contribution in [-0.2, 0) is 0 Å². The maximum atomic E-state index is 4.06. The van der Waals surface area contributed by atoms with Gasteiger partial charge in [-0.3, -0.25) is 0 Å². The third-order valence-corrected chi connectivity index (χ3v) is 3.10. The first-order valence-corrected chi connectivity index (χ1v) is 5.94. The molecule has 1 rings (SSSR count). The van der Waals surface area contributed by atoms with Crippen LogP contribution in [0.4, 0.5) is 0 Å². The topological polar surface area (TPSA) is 37.8 Å². The van der Waals surface area contributed by atoms with Gasteiger partial charge in [0, 0.05) is 6.04 Å². The van der Waals surface area contributed by atoms with Gasteiger partial charge in [0.2, 0.25) is 0 Å². The summed E-state index contributed by atoms with van der Waals surface area (Å²) >= 11 is 1.52. The summed E-state index contributed by atoms with van der Waals surface area (Å²) in [6, 6.07) is 0.431.